The molecule has 28 heavy (non-hydrogen) atoms. The lowest BCUT2D eigenvalue weighted by atomic mass is 10.0. The number of nitrogens with two attached hydrogens (primary N) is 1. The molecule has 4 nitrogen and oxygen atoms in total. The van der Waals surface area contributed by atoms with Gasteiger partial charge in [-0.2, -0.15) is 0 Å². The van der Waals surface area contributed by atoms with Gasteiger partial charge in [0.15, 0.2) is 0 Å². The molecule has 0 aromatic heterocycles. The fourth-order valence-electron chi connectivity index (χ4n) is 4.78. The number of benzene rings is 2. The van der Waals surface area contributed by atoms with Gasteiger partial charge in [0.1, 0.15) is 0 Å². The van der Waals surface area contributed by atoms with Crippen LogP contribution in [0.15, 0.2) is 48.5 Å². The Kier molecular flexibility index (Phi) is 5.51. The number of fused-ring (bicyclic) bond motifs is 1. The summed E-state index contributed by atoms with van der Waals surface area (Å²) in [5.41, 5.74) is 10.7. The van der Waals surface area contributed by atoms with Crippen LogP contribution in [0.4, 0.5) is 0 Å². The Morgan fingerprint density at radius 2 is 1.68 bits per heavy atom. The second-order valence-corrected chi connectivity index (χ2v) is 8.54. The third-order valence-corrected chi connectivity index (χ3v) is 6.67. The Bertz CT molecular complexity index is 821. The summed E-state index contributed by atoms with van der Waals surface area (Å²) in [6, 6.07) is 16.5. The molecule has 148 valence electrons. The molecule has 2 heterocycles. The van der Waals surface area contributed by atoms with Crippen molar-refractivity contribution in [2.45, 2.75) is 26.3 Å². The van der Waals surface area contributed by atoms with Gasteiger partial charge in [-0.15, -0.1) is 0 Å². The van der Waals surface area contributed by atoms with Gasteiger partial charge in [-0.3, -0.25) is 4.79 Å². The standard InChI is InChI=1S/C24H31N3O/c1-17-7-6-10-22(18(17)2)24(28)27-15-20-13-26(14-21(20)16-27)12-11-23(25)19-8-4-3-5-9-19/h3-10,20-21,23H,11-16,25H2,1-2H3/t20?,21?,23-/m0/s1. The molecule has 2 N–H and O–H groups in total. The average molecular weight is 378 g/mol. The molecule has 1 amide bonds. The molecule has 3 atom stereocenters. The molecule has 2 aliphatic heterocycles. The van der Waals surface area contributed by atoms with Gasteiger partial charge in [-0.25, -0.2) is 0 Å². The lowest BCUT2D eigenvalue weighted by Gasteiger charge is -2.23. The van der Waals surface area contributed by atoms with E-state index in [2.05, 4.69) is 54.0 Å². The maximum Gasteiger partial charge on any atom is 0.254 e. The van der Waals surface area contributed by atoms with Crippen LogP contribution >= 0.6 is 0 Å². The fourth-order valence-corrected chi connectivity index (χ4v) is 4.78. The molecule has 2 aromatic rings. The van der Waals surface area contributed by atoms with Gasteiger partial charge in [0.2, 0.25) is 0 Å². The van der Waals surface area contributed by atoms with Crippen molar-refractivity contribution < 1.29 is 4.79 Å². The van der Waals surface area contributed by atoms with Crippen LogP contribution in [0.2, 0.25) is 0 Å². The van der Waals surface area contributed by atoms with Crippen molar-refractivity contribution in [3.05, 3.63) is 70.8 Å². The number of aryl methyl sites for hydroxylation is 1. The van der Waals surface area contributed by atoms with Gasteiger partial charge in [0.05, 0.1) is 0 Å². The smallest absolute Gasteiger partial charge is 0.254 e. The Morgan fingerprint density at radius 3 is 2.36 bits per heavy atom. The molecule has 2 fully saturated rings. The summed E-state index contributed by atoms with van der Waals surface area (Å²) < 4.78 is 0. The first-order valence-corrected chi connectivity index (χ1v) is 10.4. The van der Waals surface area contributed by atoms with Crippen molar-refractivity contribution >= 4 is 5.91 Å². The van der Waals surface area contributed by atoms with Gasteiger partial charge >= 0.3 is 0 Å². The van der Waals surface area contributed by atoms with Gasteiger partial charge < -0.3 is 15.5 Å². The van der Waals surface area contributed by atoms with Crippen LogP contribution in [-0.4, -0.2) is 48.4 Å². The first-order chi connectivity index (χ1) is 13.5. The highest BCUT2D eigenvalue weighted by atomic mass is 16.2. The molecule has 0 bridgehead atoms. The lowest BCUT2D eigenvalue weighted by molar-refractivity contribution is 0.0773. The Labute approximate surface area is 168 Å². The number of hydrogen-bond acceptors (Lipinski definition) is 3. The van der Waals surface area contributed by atoms with E-state index < -0.39 is 0 Å². The SMILES string of the molecule is Cc1cccc(C(=O)N2CC3CN(CC[C@H](N)c4ccccc4)CC3C2)c1C. The number of carbonyl (C=O) groups is 1. The zero-order valence-electron chi connectivity index (χ0n) is 17.0. The van der Waals surface area contributed by atoms with Crippen molar-refractivity contribution in [2.24, 2.45) is 17.6 Å². The second-order valence-electron chi connectivity index (χ2n) is 8.54. The molecular weight excluding hydrogens is 346 g/mol. The van der Waals surface area contributed by atoms with Crippen molar-refractivity contribution in [1.29, 1.82) is 0 Å². The van der Waals surface area contributed by atoms with Crippen LogP contribution in [0.1, 0.15) is 39.5 Å². The molecule has 0 saturated carbocycles. The molecule has 2 aliphatic rings. The van der Waals surface area contributed by atoms with Crippen molar-refractivity contribution in [2.75, 3.05) is 32.7 Å². The van der Waals surface area contributed by atoms with Crippen molar-refractivity contribution in [3.8, 4) is 0 Å². The van der Waals surface area contributed by atoms with Gasteiger partial charge in [0, 0.05) is 37.8 Å². The number of hydrogen-bond donors (Lipinski definition) is 1. The van der Waals surface area contributed by atoms with E-state index in [0.717, 1.165) is 50.3 Å². The summed E-state index contributed by atoms with van der Waals surface area (Å²) in [6.07, 6.45) is 0.981. The number of rotatable bonds is 5. The van der Waals surface area contributed by atoms with Gasteiger partial charge in [-0.05, 0) is 61.4 Å². The molecular formula is C24H31N3O. The summed E-state index contributed by atoms with van der Waals surface area (Å²) in [6.45, 7) is 9.11. The number of carbonyl (C=O) groups excluding carboxylic acids is 1. The van der Waals surface area contributed by atoms with E-state index in [-0.39, 0.29) is 11.9 Å². The number of likely N-dealkylation sites (tertiary alicyclic amines) is 2. The maximum atomic E-state index is 13.0. The lowest BCUT2D eigenvalue weighted by Crippen LogP contribution is -2.34. The fraction of sp³-hybridized carbons (Fsp3) is 0.458. The van der Waals surface area contributed by atoms with E-state index in [4.69, 9.17) is 5.73 Å². The first-order valence-electron chi connectivity index (χ1n) is 10.4. The van der Waals surface area contributed by atoms with E-state index in [1.165, 1.54) is 11.1 Å². The average Bonchev–Trinajstić information content (AvgIpc) is 3.27. The second kappa shape index (κ2) is 8.06. The first kappa shape index (κ1) is 19.2. The normalized spacial score (nSPS) is 23.0. The highest BCUT2D eigenvalue weighted by Gasteiger charge is 2.41. The minimum absolute atomic E-state index is 0.101. The van der Waals surface area contributed by atoms with Crippen molar-refractivity contribution in [1.82, 2.24) is 9.80 Å². The predicted molar refractivity (Wildman–Crippen MR) is 113 cm³/mol. The minimum Gasteiger partial charge on any atom is -0.338 e. The summed E-state index contributed by atoms with van der Waals surface area (Å²) >= 11 is 0. The van der Waals surface area contributed by atoms with E-state index in [9.17, 15) is 4.79 Å². The predicted octanol–water partition coefficient (Wildman–Crippen LogP) is 3.40. The molecule has 0 aliphatic carbocycles. The molecule has 0 spiro atoms. The summed E-state index contributed by atoms with van der Waals surface area (Å²) in [5.74, 6) is 1.40. The third-order valence-electron chi connectivity index (χ3n) is 6.67. The number of amides is 1. The van der Waals surface area contributed by atoms with E-state index in [1.807, 2.05) is 18.2 Å². The summed E-state index contributed by atoms with van der Waals surface area (Å²) in [5, 5.41) is 0. The number of nitrogens with zero attached hydrogens (tertiary/aromatic N) is 2. The summed E-state index contributed by atoms with van der Waals surface area (Å²) in [7, 11) is 0. The third kappa shape index (κ3) is 3.85. The molecule has 0 radical (unpaired) electrons. The molecule has 4 heteroatoms. The van der Waals surface area contributed by atoms with E-state index >= 15 is 0 Å². The van der Waals surface area contributed by atoms with Crippen molar-refractivity contribution in [3.63, 3.8) is 0 Å². The van der Waals surface area contributed by atoms with Crippen LogP contribution in [0, 0.1) is 25.7 Å². The Balaban J connectivity index is 1.30. The van der Waals surface area contributed by atoms with Gasteiger partial charge in [-0.1, -0.05) is 42.5 Å². The zero-order chi connectivity index (χ0) is 19.7. The Hall–Kier alpha value is -2.17. The molecule has 2 aromatic carbocycles. The van der Waals surface area contributed by atoms with Crippen LogP contribution in [0.25, 0.3) is 0 Å². The van der Waals surface area contributed by atoms with Gasteiger partial charge in [0.25, 0.3) is 5.91 Å². The van der Waals surface area contributed by atoms with Crippen LogP contribution in [-0.2, 0) is 0 Å². The highest BCUT2D eigenvalue weighted by molar-refractivity contribution is 5.96. The quantitative estimate of drug-likeness (QED) is 0.869. The molecule has 4 rings (SSSR count). The Morgan fingerprint density at radius 1 is 1.00 bits per heavy atom. The van der Waals surface area contributed by atoms with E-state index in [0.29, 0.717) is 11.8 Å². The largest absolute Gasteiger partial charge is 0.338 e. The van der Waals surface area contributed by atoms with Crippen LogP contribution < -0.4 is 5.73 Å². The monoisotopic (exact) mass is 377 g/mol. The molecule has 2 saturated heterocycles. The van der Waals surface area contributed by atoms with Crippen LogP contribution in [0.3, 0.4) is 0 Å². The zero-order valence-corrected chi connectivity index (χ0v) is 17.0. The topological polar surface area (TPSA) is 49.6 Å². The minimum atomic E-state index is 0.101. The maximum absolute atomic E-state index is 13.0. The summed E-state index contributed by atoms with van der Waals surface area (Å²) in [4.78, 5) is 17.6. The van der Waals surface area contributed by atoms with Crippen LogP contribution in [0.5, 0.6) is 0 Å². The van der Waals surface area contributed by atoms with E-state index in [1.54, 1.807) is 0 Å². The molecule has 2 unspecified atom stereocenters. The highest BCUT2D eigenvalue weighted by Crippen LogP contribution is 2.32.